The maximum absolute atomic E-state index is 9.90. The van der Waals surface area contributed by atoms with Gasteiger partial charge in [0.25, 0.3) is 0 Å². The number of benzene rings is 1. The molecule has 2 aromatic rings. The summed E-state index contributed by atoms with van der Waals surface area (Å²) >= 11 is 3.24. The van der Waals surface area contributed by atoms with Crippen molar-refractivity contribution in [3.63, 3.8) is 0 Å². The van der Waals surface area contributed by atoms with Crippen molar-refractivity contribution in [3.05, 3.63) is 22.8 Å². The molecule has 0 bridgehead atoms. The molecule has 1 aromatic carbocycles. The van der Waals surface area contributed by atoms with Gasteiger partial charge in [0.1, 0.15) is 5.82 Å². The van der Waals surface area contributed by atoms with Crippen LogP contribution in [0.3, 0.4) is 0 Å². The Bertz CT molecular complexity index is 566. The van der Waals surface area contributed by atoms with E-state index in [4.69, 9.17) is 10.5 Å². The minimum atomic E-state index is 0.0493. The SMILES string of the molecule is COc1c(-c2cnn(C)c2N)ccc(Br)c1O. The van der Waals surface area contributed by atoms with E-state index in [1.54, 1.807) is 24.0 Å². The number of ether oxygens (including phenoxy) is 1. The van der Waals surface area contributed by atoms with Gasteiger partial charge in [-0.2, -0.15) is 5.10 Å². The molecule has 0 spiro atoms. The van der Waals surface area contributed by atoms with Crippen LogP contribution in [0.5, 0.6) is 11.5 Å². The lowest BCUT2D eigenvalue weighted by Gasteiger charge is -2.11. The van der Waals surface area contributed by atoms with Gasteiger partial charge < -0.3 is 15.6 Å². The fourth-order valence-corrected chi connectivity index (χ4v) is 1.93. The Balaban J connectivity index is 2.68. The summed E-state index contributed by atoms with van der Waals surface area (Å²) in [6.45, 7) is 0. The van der Waals surface area contributed by atoms with Gasteiger partial charge in [0.05, 0.1) is 17.8 Å². The number of anilines is 1. The zero-order valence-electron chi connectivity index (χ0n) is 9.44. The van der Waals surface area contributed by atoms with Crippen molar-refractivity contribution < 1.29 is 9.84 Å². The number of hydrogen-bond acceptors (Lipinski definition) is 4. The summed E-state index contributed by atoms with van der Waals surface area (Å²) in [6, 6.07) is 3.55. The highest BCUT2D eigenvalue weighted by Crippen LogP contribution is 2.43. The summed E-state index contributed by atoms with van der Waals surface area (Å²) in [5.41, 5.74) is 7.33. The average Bonchev–Trinajstić information content (AvgIpc) is 2.64. The molecule has 0 amide bonds. The second-order valence-corrected chi connectivity index (χ2v) is 4.40. The van der Waals surface area contributed by atoms with Crippen molar-refractivity contribution in [1.29, 1.82) is 0 Å². The minimum absolute atomic E-state index is 0.0493. The van der Waals surface area contributed by atoms with Crippen LogP contribution in [0.4, 0.5) is 5.82 Å². The smallest absolute Gasteiger partial charge is 0.172 e. The minimum Gasteiger partial charge on any atom is -0.503 e. The average molecular weight is 298 g/mol. The predicted molar refractivity (Wildman–Crippen MR) is 69.0 cm³/mol. The molecular formula is C11H12BrN3O2. The van der Waals surface area contributed by atoms with E-state index >= 15 is 0 Å². The van der Waals surface area contributed by atoms with Crippen LogP contribution >= 0.6 is 15.9 Å². The van der Waals surface area contributed by atoms with E-state index in [2.05, 4.69) is 21.0 Å². The molecule has 0 atom stereocenters. The van der Waals surface area contributed by atoms with E-state index in [0.29, 0.717) is 21.6 Å². The molecule has 90 valence electrons. The van der Waals surface area contributed by atoms with Crippen molar-refractivity contribution in [1.82, 2.24) is 9.78 Å². The Morgan fingerprint density at radius 2 is 2.12 bits per heavy atom. The van der Waals surface area contributed by atoms with Gasteiger partial charge in [-0.05, 0) is 28.1 Å². The zero-order chi connectivity index (χ0) is 12.6. The van der Waals surface area contributed by atoms with Gasteiger partial charge in [0.15, 0.2) is 11.5 Å². The number of aryl methyl sites for hydroxylation is 1. The summed E-state index contributed by atoms with van der Waals surface area (Å²) in [5, 5.41) is 14.0. The van der Waals surface area contributed by atoms with E-state index in [0.717, 1.165) is 5.56 Å². The highest BCUT2D eigenvalue weighted by Gasteiger charge is 2.17. The van der Waals surface area contributed by atoms with E-state index in [1.165, 1.54) is 7.11 Å². The molecule has 1 aromatic heterocycles. The summed E-state index contributed by atoms with van der Waals surface area (Å²) in [5.74, 6) is 0.942. The third-order valence-corrected chi connectivity index (χ3v) is 3.20. The maximum atomic E-state index is 9.90. The molecule has 0 saturated heterocycles. The van der Waals surface area contributed by atoms with Crippen molar-refractivity contribution in [2.45, 2.75) is 0 Å². The highest BCUT2D eigenvalue weighted by atomic mass is 79.9. The first-order valence-corrected chi connectivity index (χ1v) is 5.69. The molecule has 17 heavy (non-hydrogen) atoms. The second kappa shape index (κ2) is 4.29. The fourth-order valence-electron chi connectivity index (χ4n) is 1.62. The van der Waals surface area contributed by atoms with E-state index < -0.39 is 0 Å². The number of phenolic OH excluding ortho intramolecular Hbond substituents is 1. The molecule has 2 rings (SSSR count). The van der Waals surface area contributed by atoms with E-state index in [9.17, 15) is 5.11 Å². The summed E-state index contributed by atoms with van der Waals surface area (Å²) in [4.78, 5) is 0. The first-order chi connectivity index (χ1) is 8.06. The summed E-state index contributed by atoms with van der Waals surface area (Å²) < 4.78 is 7.34. The van der Waals surface area contributed by atoms with Crippen molar-refractivity contribution in [2.24, 2.45) is 7.05 Å². The Kier molecular flexibility index (Phi) is 2.97. The summed E-state index contributed by atoms with van der Waals surface area (Å²) in [7, 11) is 3.25. The number of phenols is 1. The third-order valence-electron chi connectivity index (χ3n) is 2.56. The van der Waals surface area contributed by atoms with Crippen molar-refractivity contribution in [3.8, 4) is 22.6 Å². The lowest BCUT2D eigenvalue weighted by Crippen LogP contribution is -1.98. The zero-order valence-corrected chi connectivity index (χ0v) is 11.0. The van der Waals surface area contributed by atoms with Crippen LogP contribution in [0.2, 0.25) is 0 Å². The summed E-state index contributed by atoms with van der Waals surface area (Å²) in [6.07, 6.45) is 1.64. The molecule has 5 nitrogen and oxygen atoms in total. The molecule has 0 saturated carbocycles. The molecule has 3 N–H and O–H groups in total. The number of aromatic hydroxyl groups is 1. The Morgan fingerprint density at radius 1 is 1.41 bits per heavy atom. The van der Waals surface area contributed by atoms with Crippen LogP contribution in [0.1, 0.15) is 0 Å². The number of hydrogen-bond donors (Lipinski definition) is 2. The highest BCUT2D eigenvalue weighted by molar-refractivity contribution is 9.10. The van der Waals surface area contributed by atoms with Crippen LogP contribution < -0.4 is 10.5 Å². The molecule has 1 heterocycles. The molecule has 0 fully saturated rings. The van der Waals surface area contributed by atoms with Crippen molar-refractivity contribution in [2.75, 3.05) is 12.8 Å². The second-order valence-electron chi connectivity index (χ2n) is 3.54. The molecule has 0 aliphatic heterocycles. The van der Waals surface area contributed by atoms with Crippen molar-refractivity contribution >= 4 is 21.7 Å². The first kappa shape index (κ1) is 11.8. The van der Waals surface area contributed by atoms with Crippen LogP contribution in [-0.2, 0) is 7.05 Å². The van der Waals surface area contributed by atoms with Crippen LogP contribution in [0.15, 0.2) is 22.8 Å². The number of methoxy groups -OCH3 is 1. The number of aromatic nitrogens is 2. The van der Waals surface area contributed by atoms with Crippen LogP contribution in [0, 0.1) is 0 Å². The molecule has 0 unspecified atom stereocenters. The van der Waals surface area contributed by atoms with Gasteiger partial charge in [0, 0.05) is 18.2 Å². The van der Waals surface area contributed by atoms with E-state index in [1.807, 2.05) is 6.07 Å². The van der Waals surface area contributed by atoms with Gasteiger partial charge >= 0.3 is 0 Å². The maximum Gasteiger partial charge on any atom is 0.172 e. The number of nitrogen functional groups attached to an aromatic ring is 1. The molecule has 0 radical (unpaired) electrons. The third kappa shape index (κ3) is 1.84. The van der Waals surface area contributed by atoms with Crippen LogP contribution in [0.25, 0.3) is 11.1 Å². The Labute approximate surface area is 107 Å². The largest absolute Gasteiger partial charge is 0.503 e. The quantitative estimate of drug-likeness (QED) is 0.891. The van der Waals surface area contributed by atoms with Gasteiger partial charge in [-0.3, -0.25) is 4.68 Å². The molecule has 0 aliphatic rings. The van der Waals surface area contributed by atoms with Gasteiger partial charge in [-0.15, -0.1) is 0 Å². The molecule has 6 heteroatoms. The Morgan fingerprint density at radius 3 is 2.65 bits per heavy atom. The predicted octanol–water partition coefficient (Wildman–Crippen LogP) is 2.15. The van der Waals surface area contributed by atoms with Gasteiger partial charge in [-0.1, -0.05) is 0 Å². The lowest BCUT2D eigenvalue weighted by atomic mass is 10.1. The normalized spacial score (nSPS) is 10.5. The number of halogens is 1. The standard InChI is InChI=1S/C11H12BrN3O2/c1-15-11(13)7(5-14-15)6-3-4-8(12)9(16)10(6)17-2/h3-5,16H,13H2,1-2H3. The number of nitrogens with zero attached hydrogens (tertiary/aromatic N) is 2. The monoisotopic (exact) mass is 297 g/mol. The van der Waals surface area contributed by atoms with Gasteiger partial charge in [0.2, 0.25) is 0 Å². The fraction of sp³-hybridized carbons (Fsp3) is 0.182. The number of nitrogens with two attached hydrogens (primary N) is 1. The Hall–Kier alpha value is -1.69. The number of rotatable bonds is 2. The first-order valence-electron chi connectivity index (χ1n) is 4.89. The van der Waals surface area contributed by atoms with E-state index in [-0.39, 0.29) is 5.75 Å². The topological polar surface area (TPSA) is 73.3 Å². The van der Waals surface area contributed by atoms with Gasteiger partial charge in [-0.25, -0.2) is 0 Å². The lowest BCUT2D eigenvalue weighted by molar-refractivity contribution is 0.373. The van der Waals surface area contributed by atoms with Crippen LogP contribution in [-0.4, -0.2) is 22.0 Å². The molecule has 0 aliphatic carbocycles. The molecular weight excluding hydrogens is 286 g/mol.